The summed E-state index contributed by atoms with van der Waals surface area (Å²) < 4.78 is 0. The fourth-order valence-electron chi connectivity index (χ4n) is 1.22. The van der Waals surface area contributed by atoms with Crippen LogP contribution in [0, 0.1) is 0 Å². The predicted molar refractivity (Wildman–Crippen MR) is 55.2 cm³/mol. The summed E-state index contributed by atoms with van der Waals surface area (Å²) in [6.45, 7) is 2.58. The molecule has 2 N–H and O–H groups in total. The fraction of sp³-hybridized carbons (Fsp3) is 1.00. The standard InChI is InChI=1S/C9H20ClNO2/c10-4-2-1-3-5-11(6-8-12)7-9-13/h12-13H,1-9H2. The van der Waals surface area contributed by atoms with E-state index in [0.29, 0.717) is 13.1 Å². The van der Waals surface area contributed by atoms with Crippen LogP contribution >= 0.6 is 11.6 Å². The van der Waals surface area contributed by atoms with Gasteiger partial charge in [0.1, 0.15) is 0 Å². The lowest BCUT2D eigenvalue weighted by molar-refractivity contribution is 0.159. The third kappa shape index (κ3) is 8.50. The Hall–Kier alpha value is 0.170. The molecular weight excluding hydrogens is 190 g/mol. The zero-order valence-corrected chi connectivity index (χ0v) is 8.84. The van der Waals surface area contributed by atoms with Gasteiger partial charge in [0.25, 0.3) is 0 Å². The highest BCUT2D eigenvalue weighted by Crippen LogP contribution is 1.99. The lowest BCUT2D eigenvalue weighted by Gasteiger charge is -2.19. The summed E-state index contributed by atoms with van der Waals surface area (Å²) in [5, 5.41) is 17.4. The third-order valence-corrected chi connectivity index (χ3v) is 2.21. The molecule has 3 nitrogen and oxygen atoms in total. The minimum atomic E-state index is 0.162. The van der Waals surface area contributed by atoms with Gasteiger partial charge in [-0.25, -0.2) is 0 Å². The van der Waals surface area contributed by atoms with Crippen molar-refractivity contribution in [2.24, 2.45) is 0 Å². The maximum Gasteiger partial charge on any atom is 0.0558 e. The summed E-state index contributed by atoms with van der Waals surface area (Å²) in [7, 11) is 0. The number of unbranched alkanes of at least 4 members (excludes halogenated alkanes) is 2. The van der Waals surface area contributed by atoms with Gasteiger partial charge in [0, 0.05) is 19.0 Å². The van der Waals surface area contributed by atoms with Crippen LogP contribution in [0.4, 0.5) is 0 Å². The Balaban J connectivity index is 3.33. The van der Waals surface area contributed by atoms with E-state index in [1.165, 1.54) is 0 Å². The molecule has 0 aliphatic rings. The Labute approximate surface area is 85.3 Å². The molecule has 0 bridgehead atoms. The monoisotopic (exact) mass is 209 g/mol. The smallest absolute Gasteiger partial charge is 0.0558 e. The normalized spacial score (nSPS) is 11.1. The summed E-state index contributed by atoms with van der Waals surface area (Å²) in [6.07, 6.45) is 3.26. The summed E-state index contributed by atoms with van der Waals surface area (Å²) in [4.78, 5) is 2.06. The van der Waals surface area contributed by atoms with Crippen LogP contribution in [-0.4, -0.2) is 53.8 Å². The number of aliphatic hydroxyl groups is 2. The largest absolute Gasteiger partial charge is 0.395 e. The molecule has 0 saturated heterocycles. The molecule has 80 valence electrons. The maximum atomic E-state index is 8.72. The van der Waals surface area contributed by atoms with E-state index in [1.54, 1.807) is 0 Å². The number of hydrogen-bond acceptors (Lipinski definition) is 3. The first-order valence-electron chi connectivity index (χ1n) is 4.85. The Morgan fingerprint density at radius 3 is 1.92 bits per heavy atom. The van der Waals surface area contributed by atoms with E-state index in [2.05, 4.69) is 4.90 Å². The van der Waals surface area contributed by atoms with Gasteiger partial charge in [0.2, 0.25) is 0 Å². The average Bonchev–Trinajstić information content (AvgIpc) is 2.13. The Morgan fingerprint density at radius 1 is 0.846 bits per heavy atom. The van der Waals surface area contributed by atoms with Crippen LogP contribution < -0.4 is 0 Å². The van der Waals surface area contributed by atoms with E-state index in [4.69, 9.17) is 21.8 Å². The highest BCUT2D eigenvalue weighted by Gasteiger charge is 2.01. The molecular formula is C9H20ClNO2. The van der Waals surface area contributed by atoms with Gasteiger partial charge in [0.05, 0.1) is 13.2 Å². The van der Waals surface area contributed by atoms with Gasteiger partial charge in [-0.1, -0.05) is 6.42 Å². The number of halogens is 1. The van der Waals surface area contributed by atoms with Gasteiger partial charge in [-0.3, -0.25) is 4.90 Å². The van der Waals surface area contributed by atoms with Crippen molar-refractivity contribution in [2.45, 2.75) is 19.3 Å². The second kappa shape index (κ2) is 10.3. The van der Waals surface area contributed by atoms with Crippen molar-refractivity contribution in [1.82, 2.24) is 4.90 Å². The average molecular weight is 210 g/mol. The van der Waals surface area contributed by atoms with Gasteiger partial charge in [-0.15, -0.1) is 11.6 Å². The number of rotatable bonds is 9. The Morgan fingerprint density at radius 2 is 1.46 bits per heavy atom. The zero-order chi connectivity index (χ0) is 9.94. The molecule has 0 fully saturated rings. The van der Waals surface area contributed by atoms with E-state index in [0.717, 1.165) is 31.7 Å². The van der Waals surface area contributed by atoms with Gasteiger partial charge in [-0.2, -0.15) is 0 Å². The van der Waals surface area contributed by atoms with E-state index >= 15 is 0 Å². The maximum absolute atomic E-state index is 8.72. The number of nitrogens with zero attached hydrogens (tertiary/aromatic N) is 1. The molecule has 0 aromatic rings. The van der Waals surface area contributed by atoms with Crippen molar-refractivity contribution in [3.63, 3.8) is 0 Å². The Bertz CT molecular complexity index is 97.6. The number of hydrogen-bond donors (Lipinski definition) is 2. The SMILES string of the molecule is OCCN(CCO)CCCCCCl. The summed E-state index contributed by atoms with van der Waals surface area (Å²) in [6, 6.07) is 0. The molecule has 0 aromatic heterocycles. The quantitative estimate of drug-likeness (QED) is 0.434. The summed E-state index contributed by atoms with van der Waals surface area (Å²) in [5.74, 6) is 0.722. The van der Waals surface area contributed by atoms with Crippen LogP contribution in [0.2, 0.25) is 0 Å². The lowest BCUT2D eigenvalue weighted by Crippen LogP contribution is -2.30. The summed E-state index contributed by atoms with van der Waals surface area (Å²) >= 11 is 5.55. The van der Waals surface area contributed by atoms with Gasteiger partial charge >= 0.3 is 0 Å². The van der Waals surface area contributed by atoms with Crippen LogP contribution in [0.25, 0.3) is 0 Å². The first-order chi connectivity index (χ1) is 6.35. The predicted octanol–water partition coefficient (Wildman–Crippen LogP) is 0.682. The van der Waals surface area contributed by atoms with Crippen LogP contribution in [0.15, 0.2) is 0 Å². The van der Waals surface area contributed by atoms with E-state index < -0.39 is 0 Å². The number of aliphatic hydroxyl groups excluding tert-OH is 2. The summed E-state index contributed by atoms with van der Waals surface area (Å²) in [5.41, 5.74) is 0. The first-order valence-corrected chi connectivity index (χ1v) is 5.38. The van der Waals surface area contributed by atoms with Crippen molar-refractivity contribution in [3.05, 3.63) is 0 Å². The highest BCUT2D eigenvalue weighted by atomic mass is 35.5. The fourth-order valence-corrected chi connectivity index (χ4v) is 1.41. The van der Waals surface area contributed by atoms with E-state index in [9.17, 15) is 0 Å². The van der Waals surface area contributed by atoms with Crippen LogP contribution in [0.3, 0.4) is 0 Å². The van der Waals surface area contributed by atoms with Crippen molar-refractivity contribution in [1.29, 1.82) is 0 Å². The molecule has 0 saturated carbocycles. The first kappa shape index (κ1) is 13.2. The molecule has 0 radical (unpaired) electrons. The molecule has 0 heterocycles. The second-order valence-electron chi connectivity index (χ2n) is 3.04. The van der Waals surface area contributed by atoms with Crippen molar-refractivity contribution < 1.29 is 10.2 Å². The zero-order valence-electron chi connectivity index (χ0n) is 8.08. The topological polar surface area (TPSA) is 43.7 Å². The molecule has 0 aromatic carbocycles. The minimum Gasteiger partial charge on any atom is -0.395 e. The van der Waals surface area contributed by atoms with E-state index in [1.807, 2.05) is 0 Å². The minimum absolute atomic E-state index is 0.162. The van der Waals surface area contributed by atoms with Gasteiger partial charge in [0.15, 0.2) is 0 Å². The highest BCUT2D eigenvalue weighted by molar-refractivity contribution is 6.17. The molecule has 0 spiro atoms. The Kier molecular flexibility index (Phi) is 10.4. The molecule has 0 amide bonds. The number of alkyl halides is 1. The third-order valence-electron chi connectivity index (χ3n) is 1.94. The van der Waals surface area contributed by atoms with E-state index in [-0.39, 0.29) is 13.2 Å². The molecule has 0 aliphatic carbocycles. The van der Waals surface area contributed by atoms with Crippen molar-refractivity contribution >= 4 is 11.6 Å². The van der Waals surface area contributed by atoms with Gasteiger partial charge < -0.3 is 10.2 Å². The second-order valence-corrected chi connectivity index (χ2v) is 3.42. The molecule has 0 unspecified atom stereocenters. The molecule has 4 heteroatoms. The van der Waals surface area contributed by atoms with Crippen LogP contribution in [0.1, 0.15) is 19.3 Å². The molecule has 0 rings (SSSR count). The molecule has 0 aliphatic heterocycles. The van der Waals surface area contributed by atoms with Crippen LogP contribution in [-0.2, 0) is 0 Å². The van der Waals surface area contributed by atoms with Crippen molar-refractivity contribution in [2.75, 3.05) is 38.7 Å². The molecule has 13 heavy (non-hydrogen) atoms. The van der Waals surface area contributed by atoms with Crippen LogP contribution in [0.5, 0.6) is 0 Å². The molecule has 0 atom stereocenters. The van der Waals surface area contributed by atoms with Gasteiger partial charge in [-0.05, 0) is 19.4 Å². The van der Waals surface area contributed by atoms with Crippen molar-refractivity contribution in [3.8, 4) is 0 Å². The lowest BCUT2D eigenvalue weighted by atomic mass is 10.2.